The first kappa shape index (κ1) is 32.3. The molecular formula is C21H25FN10O9P2S3. The van der Waals surface area contributed by atoms with Gasteiger partial charge in [-0.05, 0) is 11.8 Å². The minimum absolute atomic E-state index is 0.0523. The average Bonchev–Trinajstić information content (AvgIpc) is 3.80. The van der Waals surface area contributed by atoms with Crippen LogP contribution in [0.2, 0.25) is 0 Å². The Morgan fingerprint density at radius 2 is 1.93 bits per heavy atom. The number of nitrogens with one attached hydrogen (secondary N) is 1. The fourth-order valence-corrected chi connectivity index (χ4v) is 8.15. The third-order valence-electron chi connectivity index (χ3n) is 7.71. The molecule has 3 saturated heterocycles. The van der Waals surface area contributed by atoms with E-state index in [2.05, 4.69) is 42.2 Å². The Hall–Kier alpha value is -2.24. The van der Waals surface area contributed by atoms with Crippen LogP contribution >= 0.6 is 25.1 Å². The number of alkyl halides is 1. The molecule has 7 N–H and O–H groups in total. The highest BCUT2D eigenvalue weighted by molar-refractivity contribution is 8.54. The van der Waals surface area contributed by atoms with Crippen molar-refractivity contribution in [2.24, 2.45) is 0 Å². The Bertz CT molecular complexity index is 1950. The fraction of sp³-hybridized carbons (Fsp3) is 0.524. The van der Waals surface area contributed by atoms with E-state index in [1.165, 1.54) is 17.2 Å². The molecule has 19 nitrogen and oxygen atoms in total. The van der Waals surface area contributed by atoms with Gasteiger partial charge in [-0.3, -0.25) is 23.4 Å². The first-order valence-electron chi connectivity index (χ1n) is 13.3. The Labute approximate surface area is 272 Å². The Morgan fingerprint density at radius 1 is 1.20 bits per heavy atom. The second-order valence-corrected chi connectivity index (χ2v) is 17.3. The lowest BCUT2D eigenvalue weighted by Crippen LogP contribution is -2.47. The first-order chi connectivity index (χ1) is 21.9. The molecule has 3 fully saturated rings. The van der Waals surface area contributed by atoms with Crippen LogP contribution in [0.5, 0.6) is 0 Å². The van der Waals surface area contributed by atoms with Gasteiger partial charge in [-0.1, -0.05) is 11.8 Å². The van der Waals surface area contributed by atoms with Crippen LogP contribution in [-0.2, 0) is 51.4 Å². The molecule has 3 unspecified atom stereocenters. The quantitative estimate of drug-likeness (QED) is 0.0910. The van der Waals surface area contributed by atoms with Gasteiger partial charge in [0.15, 0.2) is 47.5 Å². The van der Waals surface area contributed by atoms with Gasteiger partial charge in [0.05, 0.1) is 25.9 Å². The van der Waals surface area contributed by atoms with Crippen molar-refractivity contribution in [3.63, 3.8) is 0 Å². The van der Waals surface area contributed by atoms with Crippen LogP contribution in [0.4, 0.5) is 16.2 Å². The summed E-state index contributed by atoms with van der Waals surface area (Å²) in [5.41, 5.74) is 10.2. The van der Waals surface area contributed by atoms with Gasteiger partial charge in [0, 0.05) is 6.42 Å². The van der Waals surface area contributed by atoms with Crippen LogP contribution in [0.1, 0.15) is 18.9 Å². The number of anilines is 2. The Balaban J connectivity index is 1.14. The number of imidazole rings is 2. The number of nitrogen functional groups attached to an aromatic ring is 2. The lowest BCUT2D eigenvalue weighted by atomic mass is 10.0. The molecule has 25 heteroatoms. The number of aromatic amines is 1. The van der Waals surface area contributed by atoms with Crippen molar-refractivity contribution in [3.8, 4) is 0 Å². The number of halogens is 1. The molecule has 10 atom stereocenters. The van der Waals surface area contributed by atoms with Gasteiger partial charge in [0.2, 0.25) is 5.95 Å². The van der Waals surface area contributed by atoms with Crippen molar-refractivity contribution in [1.29, 1.82) is 0 Å². The molecule has 0 aromatic carbocycles. The van der Waals surface area contributed by atoms with Gasteiger partial charge < -0.3 is 44.7 Å². The minimum Gasteiger partial charge on any atom is -0.394 e. The Kier molecular flexibility index (Phi) is 8.44. The van der Waals surface area contributed by atoms with E-state index >= 15 is 4.39 Å². The van der Waals surface area contributed by atoms with Gasteiger partial charge in [-0.2, -0.15) is 4.98 Å². The van der Waals surface area contributed by atoms with Crippen LogP contribution in [0.25, 0.3) is 22.3 Å². The van der Waals surface area contributed by atoms with Gasteiger partial charge >= 0.3 is 6.72 Å². The number of aromatic nitrogens is 8. The fourth-order valence-electron chi connectivity index (χ4n) is 5.72. The Morgan fingerprint density at radius 3 is 2.67 bits per heavy atom. The maximum absolute atomic E-state index is 15.6. The molecule has 7 rings (SSSR count). The second-order valence-electron chi connectivity index (χ2n) is 10.5. The van der Waals surface area contributed by atoms with E-state index in [9.17, 15) is 14.8 Å². The molecule has 2 bridgehead atoms. The molecule has 3 aliphatic heterocycles. The number of fused-ring (bicyclic) bond motifs is 4. The van der Waals surface area contributed by atoms with Gasteiger partial charge in [0.1, 0.15) is 41.9 Å². The lowest BCUT2D eigenvalue weighted by Gasteiger charge is -2.37. The number of nitrogens with two attached hydrogens (primary N) is 2. The molecule has 0 radical (unpaired) electrons. The van der Waals surface area contributed by atoms with Crippen molar-refractivity contribution >= 4 is 82.8 Å². The smallest absolute Gasteiger partial charge is 0.325 e. The summed E-state index contributed by atoms with van der Waals surface area (Å²) in [6.45, 7) is -5.48. The zero-order valence-electron chi connectivity index (χ0n) is 23.0. The summed E-state index contributed by atoms with van der Waals surface area (Å²) < 4.78 is 53.8. The summed E-state index contributed by atoms with van der Waals surface area (Å²) >= 11 is 14.7. The largest absolute Gasteiger partial charge is 0.394 e. The number of thiol groups is 1. The molecule has 3 aliphatic rings. The van der Waals surface area contributed by atoms with Crippen LogP contribution in [-0.4, -0.2) is 98.6 Å². The summed E-state index contributed by atoms with van der Waals surface area (Å²) in [5, 5.41) is 9.75. The van der Waals surface area contributed by atoms with Crippen molar-refractivity contribution in [2.75, 3.05) is 24.7 Å². The maximum atomic E-state index is 15.6. The third-order valence-corrected chi connectivity index (χ3v) is 10.3. The second kappa shape index (κ2) is 12.0. The van der Waals surface area contributed by atoms with Crippen LogP contribution < -0.4 is 17.0 Å². The maximum Gasteiger partial charge on any atom is 0.325 e. The standard InChI is InChI=1S/C21H25FN10O9P2S3/c22-9-8(2-33)37-18(32-6-28-11-15(32)29-20(24)30-16(11)34)12(9)41-43(35,46)36-3-21-1-7(38-19(21)40-42(44)45)17(39-21)31-5-27-10-13(23)25-4-26-14(10)31/h4-9,12,17-19,33,42H,1-3H2,(H,35,46)(H,44,45)(H2,23,25,26)(H3,24,29,30,34)/t7-,8-,9+,12-,17-,18-,19?,21+,43?/m1/s1. The van der Waals surface area contributed by atoms with Crippen LogP contribution in [0.15, 0.2) is 23.8 Å². The first-order valence-corrected chi connectivity index (χ1v) is 19.8. The minimum atomic E-state index is -4.31. The summed E-state index contributed by atoms with van der Waals surface area (Å²) in [4.78, 5) is 46.4. The van der Waals surface area contributed by atoms with Gasteiger partial charge in [-0.25, -0.2) is 24.3 Å². The predicted molar refractivity (Wildman–Crippen MR) is 167 cm³/mol. The number of rotatable bonds is 10. The van der Waals surface area contributed by atoms with E-state index in [4.69, 9.17) is 62.9 Å². The number of hydrogen-bond donors (Lipinski definition) is 6. The van der Waals surface area contributed by atoms with E-state index in [1.54, 1.807) is 4.57 Å². The SMILES string of the molecule is Nc1nc2c(ncn2[C@@H]2O[C@H](CO)[C@H](F)[C@H]2OP(O)(=S)OC[C@@]23C[C@@H](OC2O[PH](=S)S)[C@H](n2cnc4c(N)ncnc42)O3)c(=O)[nH]1. The molecule has 248 valence electrons. The number of aliphatic hydroxyl groups is 1. The molecule has 0 spiro atoms. The van der Waals surface area contributed by atoms with Gasteiger partial charge in [0.25, 0.3) is 5.56 Å². The number of nitrogens with zero attached hydrogens (tertiary/aromatic N) is 7. The van der Waals surface area contributed by atoms with Crippen LogP contribution in [0, 0.1) is 0 Å². The highest BCUT2D eigenvalue weighted by Gasteiger charge is 2.62. The van der Waals surface area contributed by atoms with Crippen molar-refractivity contribution in [1.82, 2.24) is 39.0 Å². The van der Waals surface area contributed by atoms with E-state index in [0.717, 1.165) is 6.33 Å². The molecule has 0 saturated carbocycles. The van der Waals surface area contributed by atoms with E-state index < -0.39 is 80.4 Å². The predicted octanol–water partition coefficient (Wildman–Crippen LogP) is -0.195. The number of hydrogen-bond acceptors (Lipinski definition) is 17. The topological polar surface area (TPSA) is 255 Å². The number of aliphatic hydroxyl groups excluding tert-OH is 1. The lowest BCUT2D eigenvalue weighted by molar-refractivity contribution is -0.267. The normalized spacial score (nSPS) is 32.8. The molecule has 4 aromatic rings. The number of H-pyrrole nitrogens is 1. The highest BCUT2D eigenvalue weighted by atomic mass is 32.9. The van der Waals surface area contributed by atoms with Crippen LogP contribution in [0.3, 0.4) is 0 Å². The summed E-state index contributed by atoms with van der Waals surface area (Å²) in [5.74, 6) is -0.0506. The van der Waals surface area contributed by atoms with Crippen molar-refractivity contribution in [2.45, 2.75) is 55.3 Å². The van der Waals surface area contributed by atoms with Crippen molar-refractivity contribution < 1.29 is 42.2 Å². The summed E-state index contributed by atoms with van der Waals surface area (Å²) in [6, 6.07) is 0. The number of ether oxygens (including phenoxy) is 3. The van der Waals surface area contributed by atoms with Gasteiger partial charge in [-0.15, -0.1) is 12.2 Å². The third kappa shape index (κ3) is 5.55. The van der Waals surface area contributed by atoms with E-state index in [1.807, 2.05) is 0 Å². The molecule has 0 aliphatic carbocycles. The monoisotopic (exact) mass is 738 g/mol. The zero-order valence-corrected chi connectivity index (χ0v) is 27.4. The zero-order chi connectivity index (χ0) is 32.5. The highest BCUT2D eigenvalue weighted by Crippen LogP contribution is 2.56. The van der Waals surface area contributed by atoms with E-state index in [-0.39, 0.29) is 29.4 Å². The average molecular weight is 739 g/mol. The molecule has 46 heavy (non-hydrogen) atoms. The van der Waals surface area contributed by atoms with E-state index in [0.29, 0.717) is 11.2 Å². The summed E-state index contributed by atoms with van der Waals surface area (Å²) in [7, 11) is 0. The van der Waals surface area contributed by atoms with Crippen molar-refractivity contribution in [3.05, 3.63) is 29.3 Å². The molecule has 7 heterocycles. The molecule has 0 amide bonds. The summed E-state index contributed by atoms with van der Waals surface area (Å²) in [6.07, 6.45) is -6.72. The molecular weight excluding hydrogens is 713 g/mol. The molecule has 4 aromatic heterocycles.